The van der Waals surface area contributed by atoms with E-state index in [1.807, 2.05) is 0 Å². The van der Waals surface area contributed by atoms with Crippen LogP contribution in [0.5, 0.6) is 5.75 Å². The summed E-state index contributed by atoms with van der Waals surface area (Å²) in [5, 5.41) is 2.79. The predicted octanol–water partition coefficient (Wildman–Crippen LogP) is 2.23. The quantitative estimate of drug-likeness (QED) is 0.884. The van der Waals surface area contributed by atoms with Gasteiger partial charge in [0.05, 0.1) is 7.11 Å². The van der Waals surface area contributed by atoms with Crippen LogP contribution < -0.4 is 15.8 Å². The number of nitrogen functional groups attached to an aromatic ring is 1. The summed E-state index contributed by atoms with van der Waals surface area (Å²) in [6, 6.07) is 10.3. The number of methoxy groups -OCH3 is 1. The minimum absolute atomic E-state index is 0.220. The number of hydrogen-bond donors (Lipinski definition) is 2. The number of hydrogen-bond acceptors (Lipinski definition) is 4. The van der Waals surface area contributed by atoms with E-state index in [1.165, 1.54) is 0 Å². The van der Waals surface area contributed by atoms with Gasteiger partial charge in [0.1, 0.15) is 11.6 Å². The molecule has 0 unspecified atom stereocenters. The molecule has 5 heteroatoms. The molecule has 1 amide bonds. The van der Waals surface area contributed by atoms with Crippen LogP contribution in [0.2, 0.25) is 0 Å². The number of ether oxygens (including phenoxy) is 1. The number of nitrogens with one attached hydrogen (secondary N) is 1. The molecule has 1 aromatic heterocycles. The molecule has 0 bridgehead atoms. The zero-order valence-corrected chi connectivity index (χ0v) is 10.8. The smallest absolute Gasteiger partial charge is 0.255 e. The Morgan fingerprint density at radius 1 is 1.26 bits per heavy atom. The molecule has 98 valence electrons. The van der Waals surface area contributed by atoms with Crippen LogP contribution in [-0.4, -0.2) is 18.0 Å². The molecule has 0 fully saturated rings. The Balaban J connectivity index is 2.15. The van der Waals surface area contributed by atoms with Gasteiger partial charge < -0.3 is 15.8 Å². The second-order valence-corrected chi connectivity index (χ2v) is 4.10. The molecule has 0 aliphatic heterocycles. The first-order valence-electron chi connectivity index (χ1n) is 5.78. The highest BCUT2D eigenvalue weighted by molar-refractivity contribution is 6.04. The summed E-state index contributed by atoms with van der Waals surface area (Å²) < 4.78 is 5.05. The monoisotopic (exact) mass is 257 g/mol. The van der Waals surface area contributed by atoms with Crippen molar-refractivity contribution in [3.8, 4) is 5.75 Å². The van der Waals surface area contributed by atoms with Crippen molar-refractivity contribution in [3.05, 3.63) is 47.7 Å². The number of nitrogens with two attached hydrogens (primary N) is 1. The van der Waals surface area contributed by atoms with Crippen LogP contribution in [0, 0.1) is 6.92 Å². The number of amides is 1. The molecule has 0 aliphatic rings. The van der Waals surface area contributed by atoms with Crippen molar-refractivity contribution < 1.29 is 9.53 Å². The molecule has 5 nitrogen and oxygen atoms in total. The number of rotatable bonds is 3. The summed E-state index contributed by atoms with van der Waals surface area (Å²) in [6.45, 7) is 1.79. The second kappa shape index (κ2) is 5.39. The van der Waals surface area contributed by atoms with E-state index in [0.29, 0.717) is 22.8 Å². The summed E-state index contributed by atoms with van der Waals surface area (Å²) in [5.41, 5.74) is 7.51. The molecule has 2 aromatic rings. The van der Waals surface area contributed by atoms with E-state index in [4.69, 9.17) is 10.5 Å². The van der Waals surface area contributed by atoms with E-state index in [-0.39, 0.29) is 5.91 Å². The number of aromatic nitrogens is 1. The first kappa shape index (κ1) is 12.9. The molecular formula is C14H15N3O2. The van der Waals surface area contributed by atoms with Gasteiger partial charge in [0.25, 0.3) is 5.91 Å². The summed E-state index contributed by atoms with van der Waals surface area (Å²) in [7, 11) is 1.59. The van der Waals surface area contributed by atoms with E-state index in [0.717, 1.165) is 5.75 Å². The van der Waals surface area contributed by atoms with Gasteiger partial charge in [-0.3, -0.25) is 4.79 Å². The molecule has 2 rings (SSSR count). The van der Waals surface area contributed by atoms with Gasteiger partial charge in [-0.2, -0.15) is 0 Å². The van der Waals surface area contributed by atoms with Gasteiger partial charge in [0, 0.05) is 16.9 Å². The number of anilines is 2. The van der Waals surface area contributed by atoms with Gasteiger partial charge in [0.2, 0.25) is 0 Å². The Labute approximate surface area is 111 Å². The standard InChI is InChI=1S/C14H15N3O2/c1-9-7-10(8-13(15)16-9)14(18)17-11-3-5-12(19-2)6-4-11/h3-8H,1-2H3,(H2,15,16)(H,17,18). The third-order valence-corrected chi connectivity index (χ3v) is 2.58. The van der Waals surface area contributed by atoms with Crippen LogP contribution in [-0.2, 0) is 0 Å². The highest BCUT2D eigenvalue weighted by Crippen LogP contribution is 2.16. The topological polar surface area (TPSA) is 77.2 Å². The minimum Gasteiger partial charge on any atom is -0.497 e. The van der Waals surface area contributed by atoms with Gasteiger partial charge in [-0.05, 0) is 43.3 Å². The van der Waals surface area contributed by atoms with Crippen LogP contribution in [0.25, 0.3) is 0 Å². The van der Waals surface area contributed by atoms with Crippen LogP contribution in [0.4, 0.5) is 11.5 Å². The molecule has 0 saturated carbocycles. The largest absolute Gasteiger partial charge is 0.497 e. The molecule has 19 heavy (non-hydrogen) atoms. The van der Waals surface area contributed by atoms with Crippen molar-refractivity contribution in [1.29, 1.82) is 0 Å². The number of benzene rings is 1. The van der Waals surface area contributed by atoms with Crippen molar-refractivity contribution in [2.75, 3.05) is 18.2 Å². The first-order valence-corrected chi connectivity index (χ1v) is 5.78. The molecule has 0 saturated heterocycles. The van der Waals surface area contributed by atoms with Crippen molar-refractivity contribution >= 4 is 17.4 Å². The van der Waals surface area contributed by atoms with Crippen molar-refractivity contribution in [2.45, 2.75) is 6.92 Å². The lowest BCUT2D eigenvalue weighted by atomic mass is 10.2. The Morgan fingerprint density at radius 2 is 1.95 bits per heavy atom. The second-order valence-electron chi connectivity index (χ2n) is 4.10. The van der Waals surface area contributed by atoms with Crippen LogP contribution in [0.3, 0.4) is 0 Å². The van der Waals surface area contributed by atoms with E-state index >= 15 is 0 Å². The zero-order chi connectivity index (χ0) is 13.8. The zero-order valence-electron chi connectivity index (χ0n) is 10.8. The van der Waals surface area contributed by atoms with Gasteiger partial charge in [-0.15, -0.1) is 0 Å². The number of carbonyl (C=O) groups excluding carboxylic acids is 1. The summed E-state index contributed by atoms with van der Waals surface area (Å²) in [4.78, 5) is 16.1. The number of carbonyl (C=O) groups is 1. The van der Waals surface area contributed by atoms with Gasteiger partial charge in [-0.1, -0.05) is 0 Å². The summed E-state index contributed by atoms with van der Waals surface area (Å²) >= 11 is 0. The number of nitrogens with zero attached hydrogens (tertiary/aromatic N) is 1. The highest BCUT2D eigenvalue weighted by atomic mass is 16.5. The molecule has 0 aliphatic carbocycles. The number of pyridine rings is 1. The van der Waals surface area contributed by atoms with E-state index in [9.17, 15) is 4.79 Å². The van der Waals surface area contributed by atoms with Crippen molar-refractivity contribution in [3.63, 3.8) is 0 Å². The third-order valence-electron chi connectivity index (χ3n) is 2.58. The van der Waals surface area contributed by atoms with E-state index in [2.05, 4.69) is 10.3 Å². The average Bonchev–Trinajstić information content (AvgIpc) is 2.38. The molecular weight excluding hydrogens is 242 g/mol. The van der Waals surface area contributed by atoms with Crippen LogP contribution >= 0.6 is 0 Å². The van der Waals surface area contributed by atoms with Crippen molar-refractivity contribution in [1.82, 2.24) is 4.98 Å². The highest BCUT2D eigenvalue weighted by Gasteiger charge is 2.08. The maximum Gasteiger partial charge on any atom is 0.255 e. The molecule has 1 heterocycles. The molecule has 3 N–H and O–H groups in total. The Hall–Kier alpha value is -2.56. The van der Waals surface area contributed by atoms with Gasteiger partial charge in [0.15, 0.2) is 0 Å². The lowest BCUT2D eigenvalue weighted by Gasteiger charge is -2.07. The predicted molar refractivity (Wildman–Crippen MR) is 74.3 cm³/mol. The van der Waals surface area contributed by atoms with Gasteiger partial charge >= 0.3 is 0 Å². The fourth-order valence-corrected chi connectivity index (χ4v) is 1.70. The van der Waals surface area contributed by atoms with E-state index < -0.39 is 0 Å². The molecule has 0 atom stereocenters. The Bertz CT molecular complexity index is 574. The number of aryl methyl sites for hydroxylation is 1. The minimum atomic E-state index is -0.220. The summed E-state index contributed by atoms with van der Waals surface area (Å²) in [6.07, 6.45) is 0. The maximum atomic E-state index is 12.0. The lowest BCUT2D eigenvalue weighted by Crippen LogP contribution is -2.13. The fraction of sp³-hybridized carbons (Fsp3) is 0.143. The molecule has 0 spiro atoms. The van der Waals surface area contributed by atoms with Gasteiger partial charge in [-0.25, -0.2) is 4.98 Å². The Morgan fingerprint density at radius 3 is 2.53 bits per heavy atom. The lowest BCUT2D eigenvalue weighted by molar-refractivity contribution is 0.102. The fourth-order valence-electron chi connectivity index (χ4n) is 1.70. The Kier molecular flexibility index (Phi) is 3.66. The normalized spacial score (nSPS) is 10.0. The van der Waals surface area contributed by atoms with Crippen LogP contribution in [0.15, 0.2) is 36.4 Å². The SMILES string of the molecule is COc1ccc(NC(=O)c2cc(C)nc(N)c2)cc1. The maximum absolute atomic E-state index is 12.0. The molecule has 1 aromatic carbocycles. The summed E-state index contributed by atoms with van der Waals surface area (Å²) in [5.74, 6) is 0.851. The van der Waals surface area contributed by atoms with Crippen LogP contribution in [0.1, 0.15) is 16.1 Å². The first-order chi connectivity index (χ1) is 9.08. The average molecular weight is 257 g/mol. The van der Waals surface area contributed by atoms with E-state index in [1.54, 1.807) is 50.4 Å². The van der Waals surface area contributed by atoms with Crippen molar-refractivity contribution in [2.24, 2.45) is 0 Å². The molecule has 0 radical (unpaired) electrons. The third kappa shape index (κ3) is 3.22.